The Bertz CT molecular complexity index is 2030. The highest BCUT2D eigenvalue weighted by Gasteiger charge is 2.18. The van der Waals surface area contributed by atoms with Crippen molar-refractivity contribution in [3.8, 4) is 28.3 Å². The average molecular weight is 740 g/mol. The number of aromatic nitrogens is 4. The Kier molecular flexibility index (Phi) is 12.6. The number of benzene rings is 3. The molecular weight excluding hydrogens is 694 g/mol. The SMILES string of the molecule is CNc1cncc(COc2cc(OCc3cccc(-c4cccc(-n5cc(CN6CCCC6)nn5)c4C)c3C)c(Cl)cc2CNC[C@@H](O)CC(=O)O)c1. The van der Waals surface area contributed by atoms with E-state index in [1.807, 2.05) is 36.1 Å². The van der Waals surface area contributed by atoms with Crippen LogP contribution in [0.4, 0.5) is 5.69 Å². The fraction of sp³-hybridized carbons (Fsp3) is 0.350. The molecule has 2 aromatic heterocycles. The predicted octanol–water partition coefficient (Wildman–Crippen LogP) is 6.32. The van der Waals surface area contributed by atoms with Crippen LogP contribution in [0.15, 0.2) is 73.2 Å². The molecule has 5 aromatic rings. The van der Waals surface area contributed by atoms with Crippen LogP contribution >= 0.6 is 11.6 Å². The fourth-order valence-electron chi connectivity index (χ4n) is 6.58. The van der Waals surface area contributed by atoms with E-state index >= 15 is 0 Å². The number of hydrogen-bond donors (Lipinski definition) is 4. The highest BCUT2D eigenvalue weighted by Crippen LogP contribution is 2.36. The Labute approximate surface area is 314 Å². The molecule has 278 valence electrons. The zero-order valence-corrected chi connectivity index (χ0v) is 31.1. The summed E-state index contributed by atoms with van der Waals surface area (Å²) < 4.78 is 14.5. The van der Waals surface area contributed by atoms with Crippen molar-refractivity contribution >= 4 is 23.3 Å². The summed E-state index contributed by atoms with van der Waals surface area (Å²) in [6, 6.07) is 17.9. The number of hydrogen-bond acceptors (Lipinski definition) is 10. The summed E-state index contributed by atoms with van der Waals surface area (Å²) in [7, 11) is 1.83. The van der Waals surface area contributed by atoms with Crippen LogP contribution in [0.25, 0.3) is 16.8 Å². The Morgan fingerprint density at radius 1 is 0.962 bits per heavy atom. The van der Waals surface area contributed by atoms with E-state index in [2.05, 4.69) is 68.9 Å². The first-order chi connectivity index (χ1) is 25.7. The molecule has 1 atom stereocenters. The maximum atomic E-state index is 11.0. The topological polar surface area (TPSA) is 147 Å². The third-order valence-corrected chi connectivity index (χ3v) is 9.79. The lowest BCUT2D eigenvalue weighted by atomic mass is 9.93. The first kappa shape index (κ1) is 37.7. The van der Waals surface area contributed by atoms with Crippen LogP contribution < -0.4 is 20.1 Å². The first-order valence-corrected chi connectivity index (χ1v) is 18.2. The Morgan fingerprint density at radius 3 is 2.49 bits per heavy atom. The van der Waals surface area contributed by atoms with Crippen LogP contribution in [0.1, 0.15) is 52.8 Å². The molecule has 0 spiro atoms. The number of anilines is 1. The van der Waals surface area contributed by atoms with Crippen molar-refractivity contribution in [3.63, 3.8) is 0 Å². The molecule has 0 saturated carbocycles. The van der Waals surface area contributed by atoms with Gasteiger partial charge < -0.3 is 30.3 Å². The molecule has 3 aromatic carbocycles. The van der Waals surface area contributed by atoms with Gasteiger partial charge in [0.25, 0.3) is 0 Å². The number of aliphatic carboxylic acids is 1. The van der Waals surface area contributed by atoms with E-state index in [1.54, 1.807) is 24.5 Å². The molecule has 1 aliphatic heterocycles. The molecule has 1 fully saturated rings. The van der Waals surface area contributed by atoms with Gasteiger partial charge in [0.15, 0.2) is 0 Å². The van der Waals surface area contributed by atoms with Crippen LogP contribution in [0.3, 0.4) is 0 Å². The van der Waals surface area contributed by atoms with E-state index < -0.39 is 12.1 Å². The van der Waals surface area contributed by atoms with Gasteiger partial charge in [-0.05, 0) is 85.8 Å². The zero-order valence-electron chi connectivity index (χ0n) is 30.3. The Morgan fingerprint density at radius 2 is 1.72 bits per heavy atom. The fourth-order valence-corrected chi connectivity index (χ4v) is 6.82. The molecule has 12 nitrogen and oxygen atoms in total. The second-order valence-corrected chi connectivity index (χ2v) is 13.8. The van der Waals surface area contributed by atoms with E-state index in [4.69, 9.17) is 26.2 Å². The molecule has 6 rings (SSSR count). The number of carboxylic acid groups (broad SMARTS) is 1. The van der Waals surface area contributed by atoms with Gasteiger partial charge in [0.05, 0.1) is 40.8 Å². The molecule has 0 aliphatic carbocycles. The molecule has 1 aliphatic rings. The third-order valence-electron chi connectivity index (χ3n) is 9.50. The van der Waals surface area contributed by atoms with Crippen LogP contribution in [0.2, 0.25) is 5.02 Å². The monoisotopic (exact) mass is 739 g/mol. The number of aliphatic hydroxyl groups excluding tert-OH is 1. The summed E-state index contributed by atoms with van der Waals surface area (Å²) in [6.45, 7) is 8.14. The molecule has 0 amide bonds. The maximum Gasteiger partial charge on any atom is 0.306 e. The first-order valence-electron chi connectivity index (χ1n) is 17.8. The summed E-state index contributed by atoms with van der Waals surface area (Å²) in [4.78, 5) is 17.7. The standard InChI is InChI=1S/C40H46ClN7O5/c1-26-29(8-6-9-34(26)35-10-7-11-37(27(35)2)48-23-32(45-46-48)22-47-12-4-5-13-47)25-53-39-17-38(52-24-28-14-31(42-3)20-43-18-28)30(15-36(39)41)19-44-21-33(49)16-40(50)51/h6-11,14-15,17-18,20,23,33,42,44,49H,4-5,12-13,16,19,21-22,24-25H2,1-3H3,(H,50,51)/t33-/m0/s1. The number of nitrogens with zero attached hydrogens (tertiary/aromatic N) is 5. The number of rotatable bonds is 17. The third kappa shape index (κ3) is 9.71. The second kappa shape index (κ2) is 17.7. The number of nitrogens with one attached hydrogen (secondary N) is 2. The van der Waals surface area contributed by atoms with E-state index in [9.17, 15) is 9.90 Å². The minimum atomic E-state index is -1.07. The Hall–Kier alpha value is -5.01. The number of aliphatic hydroxyl groups is 1. The van der Waals surface area contributed by atoms with Gasteiger partial charge >= 0.3 is 5.97 Å². The minimum Gasteiger partial charge on any atom is -0.488 e. The summed E-state index contributed by atoms with van der Waals surface area (Å²) in [5.74, 6) is -0.0744. The van der Waals surface area contributed by atoms with Crippen molar-refractivity contribution in [3.05, 3.63) is 112 Å². The lowest BCUT2D eigenvalue weighted by Crippen LogP contribution is -2.28. The van der Waals surface area contributed by atoms with Crippen molar-refractivity contribution in [1.29, 1.82) is 0 Å². The van der Waals surface area contributed by atoms with Gasteiger partial charge in [-0.15, -0.1) is 5.10 Å². The molecule has 3 heterocycles. The van der Waals surface area contributed by atoms with Crippen LogP contribution in [-0.2, 0) is 31.1 Å². The quantitative estimate of drug-likeness (QED) is 0.0850. The lowest BCUT2D eigenvalue weighted by Gasteiger charge is -2.18. The van der Waals surface area contributed by atoms with Gasteiger partial charge in [0.1, 0.15) is 24.7 Å². The van der Waals surface area contributed by atoms with Gasteiger partial charge in [-0.25, -0.2) is 4.68 Å². The van der Waals surface area contributed by atoms with Gasteiger partial charge in [0, 0.05) is 56.3 Å². The van der Waals surface area contributed by atoms with Gasteiger partial charge in [-0.1, -0.05) is 47.1 Å². The van der Waals surface area contributed by atoms with Crippen LogP contribution in [0, 0.1) is 13.8 Å². The molecular formula is C40H46ClN7O5. The van der Waals surface area contributed by atoms with Crippen molar-refractivity contribution < 1.29 is 24.5 Å². The second-order valence-electron chi connectivity index (χ2n) is 13.4. The highest BCUT2D eigenvalue weighted by atomic mass is 35.5. The van der Waals surface area contributed by atoms with Crippen molar-refractivity contribution in [1.82, 2.24) is 30.2 Å². The summed E-state index contributed by atoms with van der Waals surface area (Å²) in [6.07, 6.45) is 6.59. The molecule has 13 heteroatoms. The number of pyridine rings is 1. The van der Waals surface area contributed by atoms with Crippen molar-refractivity contribution in [2.75, 3.05) is 32.0 Å². The molecule has 0 radical (unpaired) electrons. The molecule has 0 bridgehead atoms. The molecule has 53 heavy (non-hydrogen) atoms. The number of carboxylic acids is 1. The lowest BCUT2D eigenvalue weighted by molar-refractivity contribution is -0.139. The van der Waals surface area contributed by atoms with Gasteiger partial charge in [-0.2, -0.15) is 0 Å². The van der Waals surface area contributed by atoms with Crippen molar-refractivity contribution in [2.45, 2.75) is 65.5 Å². The molecule has 1 saturated heterocycles. The maximum absolute atomic E-state index is 11.0. The molecule has 0 unspecified atom stereocenters. The van der Waals surface area contributed by atoms with Gasteiger partial charge in [-0.3, -0.25) is 14.7 Å². The number of ether oxygens (including phenoxy) is 2. The minimum absolute atomic E-state index is 0.0896. The summed E-state index contributed by atoms with van der Waals surface area (Å²) >= 11 is 6.78. The van der Waals surface area contributed by atoms with Crippen molar-refractivity contribution in [2.24, 2.45) is 0 Å². The zero-order chi connectivity index (χ0) is 37.3. The smallest absolute Gasteiger partial charge is 0.306 e. The van der Waals surface area contributed by atoms with Crippen LogP contribution in [-0.4, -0.2) is 73.8 Å². The molecule has 4 N–H and O–H groups in total. The summed E-state index contributed by atoms with van der Waals surface area (Å²) in [5, 5.41) is 34.6. The number of likely N-dealkylation sites (tertiary alicyclic amines) is 1. The average Bonchev–Trinajstić information content (AvgIpc) is 3.84. The van der Waals surface area contributed by atoms with E-state index in [0.29, 0.717) is 16.5 Å². The number of halogens is 1. The van der Waals surface area contributed by atoms with Crippen LogP contribution in [0.5, 0.6) is 11.5 Å². The number of carbonyl (C=O) groups is 1. The normalized spacial score (nSPS) is 13.6. The largest absolute Gasteiger partial charge is 0.488 e. The van der Waals surface area contributed by atoms with E-state index in [1.165, 1.54) is 12.8 Å². The van der Waals surface area contributed by atoms with E-state index in [-0.39, 0.29) is 32.7 Å². The summed E-state index contributed by atoms with van der Waals surface area (Å²) in [5.41, 5.74) is 9.82. The predicted molar refractivity (Wildman–Crippen MR) is 205 cm³/mol. The van der Waals surface area contributed by atoms with E-state index in [0.717, 1.165) is 75.6 Å². The Balaban J connectivity index is 1.20. The van der Waals surface area contributed by atoms with Gasteiger partial charge in [0.2, 0.25) is 0 Å². The highest BCUT2D eigenvalue weighted by molar-refractivity contribution is 6.32.